The zero-order valence-electron chi connectivity index (χ0n) is 25.4. The minimum Gasteiger partial charge on any atom is -0.505 e. The minimum absolute atomic E-state index is 0.00200. The number of aromatic hydroxyl groups is 1. The number of aryl methyl sites for hydroxylation is 1. The summed E-state index contributed by atoms with van der Waals surface area (Å²) in [4.78, 5) is 3.63. The number of halogens is 4. The lowest BCUT2D eigenvalue weighted by Crippen LogP contribution is -2.31. The van der Waals surface area contributed by atoms with E-state index < -0.39 is 42.3 Å². The standard InChI is InChI=1S/C34H29Cl2F2N3O5S2/c1-23-2-15-31(18-39-23)47(43,44)40(20-26-7-11-29(37)12-8-26)19-24-3-5-25(6-4-24)21-41(22-27-9-13-30(38)14-10-27)48(45,46)33-17-28(35)16-32(36)34(33)42/h2-18,42H,19-22H2,1H3. The first-order chi connectivity index (χ1) is 22.7. The van der Waals surface area contributed by atoms with Crippen molar-refractivity contribution in [1.29, 1.82) is 0 Å². The number of rotatable bonds is 12. The third kappa shape index (κ3) is 8.38. The van der Waals surface area contributed by atoms with E-state index >= 15 is 0 Å². The summed E-state index contributed by atoms with van der Waals surface area (Å²) in [6.07, 6.45) is 1.28. The fraction of sp³-hybridized carbons (Fsp3) is 0.147. The van der Waals surface area contributed by atoms with Gasteiger partial charge in [-0.25, -0.2) is 25.6 Å². The van der Waals surface area contributed by atoms with Crippen LogP contribution in [0.3, 0.4) is 0 Å². The van der Waals surface area contributed by atoms with Gasteiger partial charge in [0, 0.05) is 43.1 Å². The van der Waals surface area contributed by atoms with E-state index in [2.05, 4.69) is 4.98 Å². The molecular weight excluding hydrogens is 703 g/mol. The number of aromatic nitrogens is 1. The fourth-order valence-electron chi connectivity index (χ4n) is 4.83. The van der Waals surface area contributed by atoms with Crippen LogP contribution in [0.25, 0.3) is 0 Å². The van der Waals surface area contributed by atoms with Crippen LogP contribution >= 0.6 is 23.2 Å². The normalized spacial score (nSPS) is 12.1. The molecule has 14 heteroatoms. The van der Waals surface area contributed by atoms with Gasteiger partial charge in [0.1, 0.15) is 21.4 Å². The third-order valence-corrected chi connectivity index (χ3v) is 11.5. The lowest BCUT2D eigenvalue weighted by atomic mass is 10.1. The first-order valence-electron chi connectivity index (χ1n) is 14.4. The summed E-state index contributed by atoms with van der Waals surface area (Å²) in [5, 5.41) is 10.3. The molecule has 48 heavy (non-hydrogen) atoms. The van der Waals surface area contributed by atoms with E-state index in [9.17, 15) is 30.7 Å². The lowest BCUT2D eigenvalue weighted by Gasteiger charge is -2.24. The van der Waals surface area contributed by atoms with Gasteiger partial charge in [0.15, 0.2) is 5.75 Å². The number of pyridine rings is 1. The molecular formula is C34H29Cl2F2N3O5S2. The van der Waals surface area contributed by atoms with E-state index in [0.29, 0.717) is 27.9 Å². The van der Waals surface area contributed by atoms with Crippen LogP contribution in [0.15, 0.2) is 113 Å². The van der Waals surface area contributed by atoms with Crippen molar-refractivity contribution in [2.45, 2.75) is 42.9 Å². The highest BCUT2D eigenvalue weighted by Gasteiger charge is 2.30. The van der Waals surface area contributed by atoms with Gasteiger partial charge in [0.05, 0.1) is 5.02 Å². The molecule has 8 nitrogen and oxygen atoms in total. The Hall–Kier alpha value is -3.91. The third-order valence-electron chi connectivity index (χ3n) is 7.42. The molecule has 4 aromatic carbocycles. The number of sulfonamides is 2. The van der Waals surface area contributed by atoms with Crippen LogP contribution in [0.1, 0.15) is 27.9 Å². The molecule has 0 amide bonds. The highest BCUT2D eigenvalue weighted by Crippen LogP contribution is 2.36. The van der Waals surface area contributed by atoms with Gasteiger partial charge in [0.25, 0.3) is 0 Å². The molecule has 0 atom stereocenters. The predicted molar refractivity (Wildman–Crippen MR) is 179 cm³/mol. The van der Waals surface area contributed by atoms with Gasteiger partial charge >= 0.3 is 0 Å². The van der Waals surface area contributed by atoms with Crippen LogP contribution in [0.4, 0.5) is 8.78 Å². The quantitative estimate of drug-likeness (QED) is 0.143. The molecule has 0 saturated heterocycles. The average Bonchev–Trinajstić information content (AvgIpc) is 3.05. The molecule has 250 valence electrons. The largest absolute Gasteiger partial charge is 0.505 e. The summed E-state index contributed by atoms with van der Waals surface area (Å²) in [7, 11) is -8.44. The van der Waals surface area contributed by atoms with E-state index in [4.69, 9.17) is 23.2 Å². The van der Waals surface area contributed by atoms with Crippen LogP contribution in [0, 0.1) is 18.6 Å². The maximum atomic E-state index is 13.9. The van der Waals surface area contributed by atoms with E-state index in [1.807, 2.05) is 0 Å². The number of hydrogen-bond donors (Lipinski definition) is 1. The fourth-order valence-corrected chi connectivity index (χ4v) is 8.35. The molecule has 5 rings (SSSR count). The first kappa shape index (κ1) is 35.4. The Balaban J connectivity index is 1.45. The van der Waals surface area contributed by atoms with E-state index in [1.54, 1.807) is 37.3 Å². The van der Waals surface area contributed by atoms with Crippen molar-refractivity contribution >= 4 is 43.2 Å². The van der Waals surface area contributed by atoms with Crippen molar-refractivity contribution in [1.82, 2.24) is 13.6 Å². The topological polar surface area (TPSA) is 108 Å². The van der Waals surface area contributed by atoms with E-state index in [1.165, 1.54) is 71.2 Å². The average molecular weight is 733 g/mol. The Morgan fingerprint density at radius 3 is 1.48 bits per heavy atom. The second-order valence-electron chi connectivity index (χ2n) is 11.0. The molecule has 1 aromatic heterocycles. The number of nitrogens with zero attached hydrogens (tertiary/aromatic N) is 3. The predicted octanol–water partition coefficient (Wildman–Crippen LogP) is 7.46. The van der Waals surface area contributed by atoms with Crippen LogP contribution in [0.2, 0.25) is 10.0 Å². The molecule has 0 unspecified atom stereocenters. The van der Waals surface area contributed by atoms with Gasteiger partial charge in [-0.1, -0.05) is 71.7 Å². The van der Waals surface area contributed by atoms with Gasteiger partial charge in [-0.3, -0.25) is 4.98 Å². The molecule has 0 saturated carbocycles. The minimum atomic E-state index is -4.40. The van der Waals surface area contributed by atoms with Crippen LogP contribution in [-0.2, 0) is 46.2 Å². The first-order valence-corrected chi connectivity index (χ1v) is 18.0. The van der Waals surface area contributed by atoms with Crippen molar-refractivity contribution < 1.29 is 30.7 Å². The molecule has 1 heterocycles. The van der Waals surface area contributed by atoms with Gasteiger partial charge in [-0.05, 0) is 77.7 Å². The smallest absolute Gasteiger partial charge is 0.247 e. The molecule has 0 aliphatic heterocycles. The van der Waals surface area contributed by atoms with Crippen molar-refractivity contribution in [3.8, 4) is 5.75 Å². The summed E-state index contributed by atoms with van der Waals surface area (Å²) in [6.45, 7) is 1.29. The van der Waals surface area contributed by atoms with Gasteiger partial charge < -0.3 is 5.11 Å². The molecule has 0 fully saturated rings. The maximum Gasteiger partial charge on any atom is 0.247 e. The van der Waals surface area contributed by atoms with Crippen molar-refractivity contribution in [2.24, 2.45) is 0 Å². The zero-order valence-corrected chi connectivity index (χ0v) is 28.5. The molecule has 0 aliphatic rings. The molecule has 1 N–H and O–H groups in total. The lowest BCUT2D eigenvalue weighted by molar-refractivity contribution is 0.393. The molecule has 0 aliphatic carbocycles. The summed E-state index contributed by atoms with van der Waals surface area (Å²) in [6, 6.07) is 22.9. The number of hydrogen-bond acceptors (Lipinski definition) is 6. The number of phenolic OH excluding ortho intramolecular Hbond substituents is 1. The Kier molecular flexibility index (Phi) is 10.8. The Morgan fingerprint density at radius 2 is 1.06 bits per heavy atom. The highest BCUT2D eigenvalue weighted by atomic mass is 35.5. The Bertz CT molecular complexity index is 2120. The second kappa shape index (κ2) is 14.7. The molecule has 0 spiro atoms. The Labute approximate surface area is 287 Å². The monoisotopic (exact) mass is 731 g/mol. The van der Waals surface area contributed by atoms with Crippen LogP contribution < -0.4 is 0 Å². The van der Waals surface area contributed by atoms with E-state index in [-0.39, 0.29) is 41.1 Å². The van der Waals surface area contributed by atoms with Gasteiger partial charge in [0.2, 0.25) is 20.0 Å². The maximum absolute atomic E-state index is 13.9. The van der Waals surface area contributed by atoms with Crippen LogP contribution in [-0.4, -0.2) is 35.5 Å². The zero-order chi connectivity index (χ0) is 34.6. The second-order valence-corrected chi connectivity index (χ2v) is 15.7. The van der Waals surface area contributed by atoms with Crippen LogP contribution in [0.5, 0.6) is 5.75 Å². The van der Waals surface area contributed by atoms with Crippen molar-refractivity contribution in [3.63, 3.8) is 0 Å². The van der Waals surface area contributed by atoms with Crippen molar-refractivity contribution in [3.05, 3.63) is 153 Å². The molecule has 5 aromatic rings. The summed E-state index contributed by atoms with van der Waals surface area (Å²) < 4.78 is 84.7. The van der Waals surface area contributed by atoms with Gasteiger partial charge in [-0.15, -0.1) is 0 Å². The number of benzene rings is 4. The Morgan fingerprint density at radius 1 is 0.646 bits per heavy atom. The van der Waals surface area contributed by atoms with Crippen molar-refractivity contribution in [2.75, 3.05) is 0 Å². The summed E-state index contributed by atoms with van der Waals surface area (Å²) >= 11 is 12.1. The summed E-state index contributed by atoms with van der Waals surface area (Å²) in [5.41, 5.74) is 2.84. The van der Waals surface area contributed by atoms with E-state index in [0.717, 1.165) is 10.4 Å². The highest BCUT2D eigenvalue weighted by molar-refractivity contribution is 7.89. The van der Waals surface area contributed by atoms with Gasteiger partial charge in [-0.2, -0.15) is 8.61 Å². The number of phenols is 1. The molecule has 0 bridgehead atoms. The molecule has 0 radical (unpaired) electrons. The summed E-state index contributed by atoms with van der Waals surface area (Å²) in [5.74, 6) is -1.60. The SMILES string of the molecule is Cc1ccc(S(=O)(=O)N(Cc2ccc(F)cc2)Cc2ccc(CN(Cc3ccc(F)cc3)S(=O)(=O)c3cc(Cl)cc(Cl)c3O)cc2)cn1.